The predicted molar refractivity (Wildman–Crippen MR) is 69.6 cm³/mol. The molecule has 0 radical (unpaired) electrons. The number of nitrogen functional groups attached to an aromatic ring is 1. The number of aryl methyl sites for hydroxylation is 1. The molecule has 4 heteroatoms. The molecular formula is C13H17N3O. The van der Waals surface area contributed by atoms with Crippen LogP contribution in [-0.4, -0.2) is 9.36 Å². The summed E-state index contributed by atoms with van der Waals surface area (Å²) in [4.78, 5) is 12.1. The average Bonchev–Trinajstić information content (AvgIpc) is 2.49. The summed E-state index contributed by atoms with van der Waals surface area (Å²) in [5, 5.41) is 0. The van der Waals surface area contributed by atoms with Crippen LogP contribution in [0.3, 0.4) is 0 Å². The third-order valence-electron chi connectivity index (χ3n) is 3.40. The van der Waals surface area contributed by atoms with Gasteiger partial charge in [-0.05, 0) is 38.0 Å². The minimum atomic E-state index is -0.154. The molecule has 1 heterocycles. The van der Waals surface area contributed by atoms with Crippen molar-refractivity contribution in [2.24, 2.45) is 7.05 Å². The van der Waals surface area contributed by atoms with Crippen LogP contribution in [-0.2, 0) is 7.05 Å². The van der Waals surface area contributed by atoms with E-state index in [2.05, 4.69) is 0 Å². The first-order chi connectivity index (χ1) is 7.95. The summed E-state index contributed by atoms with van der Waals surface area (Å²) in [6.07, 6.45) is 0. The molecule has 2 N–H and O–H groups in total. The van der Waals surface area contributed by atoms with Gasteiger partial charge in [-0.25, -0.2) is 4.68 Å². The van der Waals surface area contributed by atoms with Gasteiger partial charge in [-0.15, -0.1) is 0 Å². The molecular weight excluding hydrogens is 214 g/mol. The van der Waals surface area contributed by atoms with Crippen molar-refractivity contribution in [1.29, 1.82) is 0 Å². The van der Waals surface area contributed by atoms with E-state index < -0.39 is 0 Å². The van der Waals surface area contributed by atoms with Crippen LogP contribution in [0.2, 0.25) is 0 Å². The molecule has 0 unspecified atom stereocenters. The number of anilines is 1. The van der Waals surface area contributed by atoms with Crippen LogP contribution < -0.4 is 11.3 Å². The van der Waals surface area contributed by atoms with Gasteiger partial charge in [-0.1, -0.05) is 12.1 Å². The summed E-state index contributed by atoms with van der Waals surface area (Å²) in [6, 6.07) is 5.91. The van der Waals surface area contributed by atoms with E-state index in [1.165, 1.54) is 0 Å². The highest BCUT2D eigenvalue weighted by molar-refractivity contribution is 5.49. The fraction of sp³-hybridized carbons (Fsp3) is 0.308. The average molecular weight is 231 g/mol. The lowest BCUT2D eigenvalue weighted by molar-refractivity contribution is 0.627. The Labute approximate surface area is 100 Å². The van der Waals surface area contributed by atoms with E-state index in [0.717, 1.165) is 22.5 Å². The third-order valence-corrected chi connectivity index (χ3v) is 3.40. The number of nitrogens with two attached hydrogens (primary N) is 1. The van der Waals surface area contributed by atoms with Crippen LogP contribution >= 0.6 is 0 Å². The molecule has 2 aromatic rings. The first-order valence-electron chi connectivity index (χ1n) is 5.55. The second-order valence-electron chi connectivity index (χ2n) is 4.36. The molecule has 0 atom stereocenters. The molecule has 0 amide bonds. The van der Waals surface area contributed by atoms with E-state index in [9.17, 15) is 4.79 Å². The van der Waals surface area contributed by atoms with E-state index in [-0.39, 0.29) is 5.56 Å². The van der Waals surface area contributed by atoms with Gasteiger partial charge >= 0.3 is 0 Å². The van der Waals surface area contributed by atoms with Crippen LogP contribution in [0.15, 0.2) is 23.0 Å². The number of rotatable bonds is 1. The Hall–Kier alpha value is -1.97. The number of aromatic nitrogens is 2. The van der Waals surface area contributed by atoms with E-state index in [0.29, 0.717) is 5.69 Å². The lowest BCUT2D eigenvalue weighted by Crippen LogP contribution is -2.21. The minimum Gasteiger partial charge on any atom is -0.393 e. The van der Waals surface area contributed by atoms with Gasteiger partial charge in [0.15, 0.2) is 0 Å². The lowest BCUT2D eigenvalue weighted by Gasteiger charge is -2.12. The lowest BCUT2D eigenvalue weighted by atomic mass is 10.1. The molecule has 0 bridgehead atoms. The minimum absolute atomic E-state index is 0.154. The molecule has 0 saturated carbocycles. The molecule has 0 spiro atoms. The largest absolute Gasteiger partial charge is 0.393 e. The summed E-state index contributed by atoms with van der Waals surface area (Å²) < 4.78 is 3.41. The highest BCUT2D eigenvalue weighted by atomic mass is 16.1. The first kappa shape index (κ1) is 11.5. The Morgan fingerprint density at radius 1 is 1.18 bits per heavy atom. The Bertz CT molecular complexity index is 635. The molecule has 1 aromatic heterocycles. The van der Waals surface area contributed by atoms with Crippen molar-refractivity contribution in [3.63, 3.8) is 0 Å². The fourth-order valence-corrected chi connectivity index (χ4v) is 1.97. The van der Waals surface area contributed by atoms with Crippen LogP contribution in [0.5, 0.6) is 0 Å². The van der Waals surface area contributed by atoms with Gasteiger partial charge in [-0.2, -0.15) is 0 Å². The third kappa shape index (κ3) is 1.56. The Kier molecular flexibility index (Phi) is 2.58. The van der Waals surface area contributed by atoms with Crippen LogP contribution in [0.1, 0.15) is 16.8 Å². The Balaban J connectivity index is 2.83. The molecule has 0 aliphatic rings. The van der Waals surface area contributed by atoms with Gasteiger partial charge in [0.2, 0.25) is 0 Å². The highest BCUT2D eigenvalue weighted by Gasteiger charge is 2.14. The smallest absolute Gasteiger partial charge is 0.294 e. The number of hydrogen-bond donors (Lipinski definition) is 1. The first-order valence-corrected chi connectivity index (χ1v) is 5.55. The number of nitrogens with zero attached hydrogens (tertiary/aromatic N) is 2. The summed E-state index contributed by atoms with van der Waals surface area (Å²) in [7, 11) is 1.84. The fourth-order valence-electron chi connectivity index (χ4n) is 1.97. The summed E-state index contributed by atoms with van der Waals surface area (Å²) >= 11 is 0. The summed E-state index contributed by atoms with van der Waals surface area (Å²) in [5.74, 6) is 0. The maximum Gasteiger partial charge on any atom is 0.294 e. The van der Waals surface area contributed by atoms with Gasteiger partial charge in [-0.3, -0.25) is 9.48 Å². The SMILES string of the molecule is Cc1cccc(-n2c(=O)c(N)c(C)n2C)c1C. The number of benzene rings is 1. The van der Waals surface area contributed by atoms with Crippen molar-refractivity contribution in [1.82, 2.24) is 9.36 Å². The predicted octanol–water partition coefficient (Wildman–Crippen LogP) is 1.68. The number of hydrogen-bond acceptors (Lipinski definition) is 2. The maximum absolute atomic E-state index is 12.1. The monoisotopic (exact) mass is 231 g/mol. The maximum atomic E-state index is 12.1. The summed E-state index contributed by atoms with van der Waals surface area (Å²) in [6.45, 7) is 5.89. The molecule has 0 aliphatic heterocycles. The van der Waals surface area contributed by atoms with Crippen molar-refractivity contribution in [3.8, 4) is 5.69 Å². The topological polar surface area (TPSA) is 52.9 Å². The quantitative estimate of drug-likeness (QED) is 0.812. The molecule has 0 aliphatic carbocycles. The second-order valence-corrected chi connectivity index (χ2v) is 4.36. The molecule has 1 aromatic carbocycles. The molecule has 17 heavy (non-hydrogen) atoms. The van der Waals surface area contributed by atoms with Gasteiger partial charge in [0.25, 0.3) is 5.56 Å². The highest BCUT2D eigenvalue weighted by Crippen LogP contribution is 2.18. The molecule has 0 saturated heterocycles. The van der Waals surface area contributed by atoms with Crippen molar-refractivity contribution in [2.75, 3.05) is 5.73 Å². The zero-order valence-corrected chi connectivity index (χ0v) is 10.6. The van der Waals surface area contributed by atoms with Crippen molar-refractivity contribution >= 4 is 5.69 Å². The van der Waals surface area contributed by atoms with Gasteiger partial charge in [0.1, 0.15) is 5.69 Å². The van der Waals surface area contributed by atoms with Crippen molar-refractivity contribution in [3.05, 3.63) is 45.4 Å². The molecule has 0 fully saturated rings. The van der Waals surface area contributed by atoms with Crippen molar-refractivity contribution in [2.45, 2.75) is 20.8 Å². The standard InChI is InChI=1S/C13H17N3O/c1-8-6-5-7-11(9(8)2)16-13(17)12(14)10(3)15(16)4/h5-7H,14H2,1-4H3. The zero-order chi connectivity index (χ0) is 12.7. The van der Waals surface area contributed by atoms with Crippen LogP contribution in [0.4, 0.5) is 5.69 Å². The van der Waals surface area contributed by atoms with E-state index in [4.69, 9.17) is 5.73 Å². The molecule has 90 valence electrons. The Morgan fingerprint density at radius 3 is 2.35 bits per heavy atom. The van der Waals surface area contributed by atoms with E-state index in [1.807, 2.05) is 46.0 Å². The van der Waals surface area contributed by atoms with E-state index in [1.54, 1.807) is 9.36 Å². The normalized spacial score (nSPS) is 10.8. The second kappa shape index (κ2) is 3.80. The van der Waals surface area contributed by atoms with Crippen LogP contribution in [0, 0.1) is 20.8 Å². The van der Waals surface area contributed by atoms with Gasteiger partial charge < -0.3 is 5.73 Å². The zero-order valence-electron chi connectivity index (χ0n) is 10.6. The van der Waals surface area contributed by atoms with Crippen LogP contribution in [0.25, 0.3) is 5.69 Å². The Morgan fingerprint density at radius 2 is 1.82 bits per heavy atom. The summed E-state index contributed by atoms with van der Waals surface area (Å²) in [5.41, 5.74) is 9.86. The molecule has 2 rings (SSSR count). The molecule has 4 nitrogen and oxygen atoms in total. The van der Waals surface area contributed by atoms with E-state index >= 15 is 0 Å². The van der Waals surface area contributed by atoms with Gasteiger partial charge in [0.05, 0.1) is 11.4 Å². The van der Waals surface area contributed by atoms with Crippen molar-refractivity contribution < 1.29 is 0 Å². The van der Waals surface area contributed by atoms with Gasteiger partial charge in [0, 0.05) is 7.05 Å².